The standard InChI is InChI=1S/C22H41NO5Si/c1-21(2,3)28-20(25)23-17-12-16(13-18(23)15-26-14-17)19(24)10-9-11-27-29(7,8)22(4,5)6/h16-18H,9-15H2,1-8H3. The highest BCUT2D eigenvalue weighted by Gasteiger charge is 2.45. The largest absolute Gasteiger partial charge is 0.444 e. The Morgan fingerprint density at radius 1 is 1.03 bits per heavy atom. The third kappa shape index (κ3) is 6.53. The molecule has 2 aliphatic heterocycles. The van der Waals surface area contributed by atoms with Gasteiger partial charge in [0.2, 0.25) is 0 Å². The molecule has 0 spiro atoms. The van der Waals surface area contributed by atoms with Crippen LogP contribution in [0.15, 0.2) is 0 Å². The summed E-state index contributed by atoms with van der Waals surface area (Å²) in [6.07, 6.45) is 2.36. The summed E-state index contributed by atoms with van der Waals surface area (Å²) in [4.78, 5) is 27.3. The highest BCUT2D eigenvalue weighted by Crippen LogP contribution is 2.37. The third-order valence-corrected chi connectivity index (χ3v) is 11.0. The molecule has 0 saturated carbocycles. The number of piperidine rings is 1. The zero-order chi connectivity index (χ0) is 22.0. The number of ether oxygens (including phenoxy) is 2. The molecule has 0 radical (unpaired) electrons. The quantitative estimate of drug-likeness (QED) is 0.451. The van der Waals surface area contributed by atoms with Crippen molar-refractivity contribution in [3.05, 3.63) is 0 Å². The van der Waals surface area contributed by atoms with Crippen molar-refractivity contribution in [3.63, 3.8) is 0 Å². The maximum absolute atomic E-state index is 12.8. The molecule has 2 unspecified atom stereocenters. The molecule has 0 aliphatic carbocycles. The van der Waals surface area contributed by atoms with E-state index in [-0.39, 0.29) is 29.1 Å². The molecule has 7 heteroatoms. The van der Waals surface area contributed by atoms with Gasteiger partial charge in [-0.1, -0.05) is 20.8 Å². The van der Waals surface area contributed by atoms with Crippen molar-refractivity contribution in [3.8, 4) is 0 Å². The van der Waals surface area contributed by atoms with Crippen LogP contribution in [0.1, 0.15) is 67.2 Å². The first kappa shape index (κ1) is 24.3. The number of hydrogen-bond acceptors (Lipinski definition) is 5. The van der Waals surface area contributed by atoms with Gasteiger partial charge in [0.25, 0.3) is 0 Å². The van der Waals surface area contributed by atoms with Crippen LogP contribution in [-0.2, 0) is 18.7 Å². The van der Waals surface area contributed by atoms with Crippen LogP contribution in [0.5, 0.6) is 0 Å². The first-order valence-corrected chi connectivity index (χ1v) is 13.9. The fourth-order valence-corrected chi connectivity index (χ4v) is 4.87. The van der Waals surface area contributed by atoms with Crippen LogP contribution in [0.2, 0.25) is 18.1 Å². The molecule has 2 rings (SSSR count). The van der Waals surface area contributed by atoms with Gasteiger partial charge >= 0.3 is 6.09 Å². The second kappa shape index (κ2) is 9.06. The molecule has 0 aromatic rings. The number of amides is 1. The summed E-state index contributed by atoms with van der Waals surface area (Å²) in [5.41, 5.74) is -0.525. The van der Waals surface area contributed by atoms with Crippen LogP contribution >= 0.6 is 0 Å². The van der Waals surface area contributed by atoms with Gasteiger partial charge in [-0.3, -0.25) is 9.69 Å². The molecule has 2 atom stereocenters. The number of nitrogens with zero attached hydrogens (tertiary/aromatic N) is 1. The number of rotatable bonds is 6. The summed E-state index contributed by atoms with van der Waals surface area (Å²) in [6, 6.07) is -0.149. The monoisotopic (exact) mass is 427 g/mol. The summed E-state index contributed by atoms with van der Waals surface area (Å²) in [6.45, 7) is 18.4. The molecule has 1 amide bonds. The van der Waals surface area contributed by atoms with Gasteiger partial charge in [-0.2, -0.15) is 0 Å². The maximum atomic E-state index is 12.8. The van der Waals surface area contributed by atoms with Crippen LogP contribution in [0, 0.1) is 5.92 Å². The number of morpholine rings is 1. The Hall–Kier alpha value is -0.923. The van der Waals surface area contributed by atoms with Gasteiger partial charge in [0, 0.05) is 18.9 Å². The zero-order valence-corrected chi connectivity index (χ0v) is 20.7. The predicted octanol–water partition coefficient (Wildman–Crippen LogP) is 4.77. The lowest BCUT2D eigenvalue weighted by atomic mass is 9.81. The summed E-state index contributed by atoms with van der Waals surface area (Å²) in [5.74, 6) is 0.296. The minimum absolute atomic E-state index is 0.000424. The van der Waals surface area contributed by atoms with Crippen LogP contribution in [0.4, 0.5) is 4.79 Å². The van der Waals surface area contributed by atoms with E-state index >= 15 is 0 Å². The van der Waals surface area contributed by atoms with E-state index in [4.69, 9.17) is 13.9 Å². The predicted molar refractivity (Wildman–Crippen MR) is 117 cm³/mol. The SMILES string of the molecule is CC(C)(C)OC(=O)N1C2COCC1CC(C(=O)CCCO[Si](C)(C)C(C)(C)C)C2. The van der Waals surface area contributed by atoms with Crippen molar-refractivity contribution in [1.29, 1.82) is 0 Å². The Morgan fingerprint density at radius 2 is 1.59 bits per heavy atom. The minimum Gasteiger partial charge on any atom is -0.444 e. The number of fused-ring (bicyclic) bond motifs is 2. The van der Waals surface area contributed by atoms with Crippen molar-refractivity contribution >= 4 is 20.2 Å². The number of carbonyl (C=O) groups excluding carboxylic acids is 2. The molecule has 2 saturated heterocycles. The van der Waals surface area contributed by atoms with Gasteiger partial charge in [0.05, 0.1) is 25.3 Å². The molecule has 0 aromatic heterocycles. The number of hydrogen-bond donors (Lipinski definition) is 0. The summed E-state index contributed by atoms with van der Waals surface area (Å²) in [5, 5.41) is 0.183. The summed E-state index contributed by atoms with van der Waals surface area (Å²) in [7, 11) is -1.76. The molecule has 2 bridgehead atoms. The van der Waals surface area contributed by atoms with E-state index in [0.717, 1.165) is 6.42 Å². The van der Waals surface area contributed by atoms with Gasteiger partial charge in [-0.25, -0.2) is 4.79 Å². The van der Waals surface area contributed by atoms with E-state index in [0.29, 0.717) is 44.9 Å². The molecule has 168 valence electrons. The van der Waals surface area contributed by atoms with E-state index in [1.807, 2.05) is 25.7 Å². The van der Waals surface area contributed by atoms with E-state index in [1.54, 1.807) is 0 Å². The Kier molecular flexibility index (Phi) is 7.61. The highest BCUT2D eigenvalue weighted by atomic mass is 28.4. The lowest BCUT2D eigenvalue weighted by Crippen LogP contribution is -2.60. The number of ketones is 1. The molecule has 29 heavy (non-hydrogen) atoms. The van der Waals surface area contributed by atoms with Gasteiger partial charge in [-0.15, -0.1) is 0 Å². The van der Waals surface area contributed by atoms with Crippen molar-refractivity contribution in [2.75, 3.05) is 19.8 Å². The Morgan fingerprint density at radius 3 is 2.07 bits per heavy atom. The van der Waals surface area contributed by atoms with Gasteiger partial charge in [-0.05, 0) is 58.2 Å². The topological polar surface area (TPSA) is 65.1 Å². The Labute approximate surface area is 177 Å². The Balaban J connectivity index is 1.86. The second-order valence-electron chi connectivity index (χ2n) is 11.1. The molecule has 6 nitrogen and oxygen atoms in total. The fourth-order valence-electron chi connectivity index (χ4n) is 3.79. The molecule has 2 fully saturated rings. The lowest BCUT2D eigenvalue weighted by molar-refractivity contribution is -0.132. The summed E-state index contributed by atoms with van der Waals surface area (Å²) < 4.78 is 17.4. The third-order valence-electron chi connectivity index (χ3n) is 6.42. The fraction of sp³-hybridized carbons (Fsp3) is 0.909. The molecule has 2 heterocycles. The first-order chi connectivity index (χ1) is 13.2. The number of Topliss-reactive ketones (excluding diaryl/α,β-unsaturated/α-hetero) is 1. The highest BCUT2D eigenvalue weighted by molar-refractivity contribution is 6.74. The molecule has 2 aliphatic rings. The van der Waals surface area contributed by atoms with E-state index in [1.165, 1.54) is 0 Å². The first-order valence-electron chi connectivity index (χ1n) is 11.0. The van der Waals surface area contributed by atoms with Crippen molar-refractivity contribution < 1.29 is 23.5 Å². The second-order valence-corrected chi connectivity index (χ2v) is 15.9. The van der Waals surface area contributed by atoms with Crippen LogP contribution < -0.4 is 0 Å². The zero-order valence-electron chi connectivity index (χ0n) is 19.7. The van der Waals surface area contributed by atoms with Crippen LogP contribution in [0.3, 0.4) is 0 Å². The van der Waals surface area contributed by atoms with Crippen LogP contribution in [0.25, 0.3) is 0 Å². The number of carbonyl (C=O) groups is 2. The van der Waals surface area contributed by atoms with E-state index in [9.17, 15) is 9.59 Å². The smallest absolute Gasteiger partial charge is 0.410 e. The van der Waals surface area contributed by atoms with Gasteiger partial charge in [0.1, 0.15) is 11.4 Å². The summed E-state index contributed by atoms with van der Waals surface area (Å²) >= 11 is 0. The van der Waals surface area contributed by atoms with Gasteiger partial charge < -0.3 is 13.9 Å². The maximum Gasteiger partial charge on any atom is 0.410 e. The van der Waals surface area contributed by atoms with Crippen molar-refractivity contribution in [2.45, 2.75) is 103 Å². The molecular weight excluding hydrogens is 386 g/mol. The molecule has 0 N–H and O–H groups in total. The van der Waals surface area contributed by atoms with Crippen molar-refractivity contribution in [2.24, 2.45) is 5.92 Å². The lowest BCUT2D eigenvalue weighted by Gasteiger charge is -2.47. The Bertz CT molecular complexity index is 579. The van der Waals surface area contributed by atoms with Crippen LogP contribution in [-0.4, -0.2) is 62.6 Å². The minimum atomic E-state index is -1.76. The van der Waals surface area contributed by atoms with E-state index < -0.39 is 13.9 Å². The average Bonchev–Trinajstić information content (AvgIpc) is 2.54. The van der Waals surface area contributed by atoms with Crippen molar-refractivity contribution in [1.82, 2.24) is 4.90 Å². The normalized spacial score (nSPS) is 25.7. The van der Waals surface area contributed by atoms with E-state index in [2.05, 4.69) is 33.9 Å². The van der Waals surface area contributed by atoms with Gasteiger partial charge in [0.15, 0.2) is 8.32 Å². The molecular formula is C22H41NO5Si. The molecule has 0 aromatic carbocycles. The average molecular weight is 428 g/mol.